The Kier molecular flexibility index (Phi) is 5.09. The van der Waals surface area contributed by atoms with E-state index in [-0.39, 0.29) is 5.92 Å². The summed E-state index contributed by atoms with van der Waals surface area (Å²) in [5, 5.41) is 10.7. The summed E-state index contributed by atoms with van der Waals surface area (Å²) in [4.78, 5) is 12.1. The van der Waals surface area contributed by atoms with Gasteiger partial charge < -0.3 is 4.74 Å². The minimum absolute atomic E-state index is 0.237. The topological polar surface area (TPSA) is 67.9 Å². The second-order valence-corrected chi connectivity index (χ2v) is 6.29. The number of esters is 1. The maximum atomic E-state index is 12.1. The van der Waals surface area contributed by atoms with Crippen molar-refractivity contribution in [1.82, 2.24) is 15.4 Å². The van der Waals surface area contributed by atoms with E-state index < -0.39 is 11.6 Å². The molecule has 1 N–H and O–H groups in total. The molecular weight excluding hydrogens is 242 g/mol. The third-order valence-corrected chi connectivity index (χ3v) is 2.80. The molecule has 1 unspecified atom stereocenters. The summed E-state index contributed by atoms with van der Waals surface area (Å²) in [6, 6.07) is 0. The Hall–Kier alpha value is -1.39. The fourth-order valence-corrected chi connectivity index (χ4v) is 2.04. The van der Waals surface area contributed by atoms with E-state index in [1.54, 1.807) is 0 Å². The molecule has 19 heavy (non-hydrogen) atoms. The number of nitrogens with one attached hydrogen (secondary N) is 1. The van der Waals surface area contributed by atoms with Crippen LogP contribution in [0.5, 0.6) is 0 Å². The molecule has 0 bridgehead atoms. The lowest BCUT2D eigenvalue weighted by Gasteiger charge is -2.20. The minimum Gasteiger partial charge on any atom is -0.455 e. The van der Waals surface area contributed by atoms with Crippen LogP contribution in [-0.2, 0) is 4.74 Å². The molecule has 0 fully saturated rings. The summed E-state index contributed by atoms with van der Waals surface area (Å²) < 4.78 is 5.36. The quantitative estimate of drug-likeness (QED) is 0.831. The van der Waals surface area contributed by atoms with Crippen molar-refractivity contribution >= 4 is 5.97 Å². The van der Waals surface area contributed by atoms with Gasteiger partial charge in [0.15, 0.2) is 5.69 Å². The molecule has 0 saturated carbocycles. The van der Waals surface area contributed by atoms with Gasteiger partial charge in [0, 0.05) is 5.92 Å². The highest BCUT2D eigenvalue weighted by atomic mass is 16.6. The van der Waals surface area contributed by atoms with Crippen molar-refractivity contribution in [1.29, 1.82) is 0 Å². The van der Waals surface area contributed by atoms with Gasteiger partial charge in [-0.15, -0.1) is 5.10 Å². The Labute approximate surface area is 115 Å². The number of aromatic nitrogens is 3. The second-order valence-electron chi connectivity index (χ2n) is 6.29. The van der Waals surface area contributed by atoms with E-state index >= 15 is 0 Å². The highest BCUT2D eigenvalue weighted by Gasteiger charge is 2.27. The van der Waals surface area contributed by atoms with Crippen LogP contribution in [0.1, 0.15) is 76.5 Å². The predicted octanol–water partition coefficient (Wildman–Crippen LogP) is 3.30. The van der Waals surface area contributed by atoms with Gasteiger partial charge >= 0.3 is 5.97 Å². The highest BCUT2D eigenvalue weighted by Crippen LogP contribution is 2.27. The summed E-state index contributed by atoms with van der Waals surface area (Å²) in [5.74, 6) is 0.382. The Balaban J connectivity index is 2.93. The zero-order chi connectivity index (χ0) is 14.6. The van der Waals surface area contributed by atoms with E-state index in [0.717, 1.165) is 18.5 Å². The van der Waals surface area contributed by atoms with Gasteiger partial charge in [0.05, 0.1) is 0 Å². The van der Waals surface area contributed by atoms with Crippen LogP contribution in [-0.4, -0.2) is 27.0 Å². The van der Waals surface area contributed by atoms with Gasteiger partial charge in [0.25, 0.3) is 0 Å². The van der Waals surface area contributed by atoms with Crippen LogP contribution in [0.15, 0.2) is 0 Å². The summed E-state index contributed by atoms with van der Waals surface area (Å²) in [5.41, 5.74) is 0.528. The average Bonchev–Trinajstić information content (AvgIpc) is 2.71. The van der Waals surface area contributed by atoms with Gasteiger partial charge in [-0.2, -0.15) is 10.3 Å². The van der Waals surface area contributed by atoms with Crippen LogP contribution in [0.25, 0.3) is 0 Å². The molecule has 1 atom stereocenters. The van der Waals surface area contributed by atoms with E-state index in [1.807, 2.05) is 20.8 Å². The molecule has 0 radical (unpaired) electrons. The molecule has 0 aliphatic heterocycles. The zero-order valence-electron chi connectivity index (χ0n) is 12.8. The first kappa shape index (κ1) is 15.7. The van der Waals surface area contributed by atoms with Crippen molar-refractivity contribution in [3.05, 3.63) is 11.4 Å². The van der Waals surface area contributed by atoms with Crippen LogP contribution >= 0.6 is 0 Å². The Morgan fingerprint density at radius 1 is 1.32 bits per heavy atom. The molecule has 0 saturated heterocycles. The molecular formula is C14H25N3O2. The number of carbonyl (C=O) groups is 1. The lowest BCUT2D eigenvalue weighted by atomic mass is 9.91. The number of ether oxygens (including phenoxy) is 1. The number of nitrogens with zero attached hydrogens (tertiary/aromatic N) is 2. The number of hydrogen-bond donors (Lipinski definition) is 1. The van der Waals surface area contributed by atoms with Gasteiger partial charge in [0.2, 0.25) is 0 Å². The van der Waals surface area contributed by atoms with Crippen LogP contribution < -0.4 is 0 Å². The molecule has 5 nitrogen and oxygen atoms in total. The average molecular weight is 267 g/mol. The van der Waals surface area contributed by atoms with Crippen molar-refractivity contribution in [3.8, 4) is 0 Å². The first-order valence-electron chi connectivity index (χ1n) is 6.88. The van der Waals surface area contributed by atoms with Gasteiger partial charge in [-0.05, 0) is 39.5 Å². The normalized spacial score (nSPS) is 13.6. The second kappa shape index (κ2) is 6.17. The zero-order valence-corrected chi connectivity index (χ0v) is 12.8. The van der Waals surface area contributed by atoms with Crippen molar-refractivity contribution < 1.29 is 9.53 Å². The van der Waals surface area contributed by atoms with Crippen LogP contribution in [0, 0.1) is 5.92 Å². The molecule has 0 amide bonds. The smallest absolute Gasteiger partial charge is 0.361 e. The fourth-order valence-electron chi connectivity index (χ4n) is 2.04. The largest absolute Gasteiger partial charge is 0.455 e. The van der Waals surface area contributed by atoms with Crippen molar-refractivity contribution in [2.45, 2.75) is 65.9 Å². The molecule has 5 heteroatoms. The summed E-state index contributed by atoms with van der Waals surface area (Å²) in [7, 11) is 0. The van der Waals surface area contributed by atoms with Crippen LogP contribution in [0.2, 0.25) is 0 Å². The molecule has 0 aromatic carbocycles. The number of rotatable bonds is 5. The third kappa shape index (κ3) is 4.65. The summed E-state index contributed by atoms with van der Waals surface area (Å²) >= 11 is 0. The number of carbonyl (C=O) groups excluding carboxylic acids is 1. The molecule has 1 rings (SSSR count). The molecule has 108 valence electrons. The van der Waals surface area contributed by atoms with E-state index in [9.17, 15) is 4.79 Å². The Morgan fingerprint density at radius 2 is 1.95 bits per heavy atom. The maximum Gasteiger partial charge on any atom is 0.361 e. The van der Waals surface area contributed by atoms with E-state index in [2.05, 4.69) is 36.2 Å². The SMILES string of the molecule is CCC(CC(C)C)c1n[nH]nc1C(=O)OC(C)(C)C. The molecule has 1 aromatic rings. The minimum atomic E-state index is -0.521. The van der Waals surface area contributed by atoms with Gasteiger partial charge in [-0.25, -0.2) is 4.79 Å². The monoisotopic (exact) mass is 267 g/mol. The molecule has 0 spiro atoms. The Bertz CT molecular complexity index is 419. The highest BCUT2D eigenvalue weighted by molar-refractivity contribution is 5.88. The summed E-state index contributed by atoms with van der Waals surface area (Å²) in [6.45, 7) is 12.0. The first-order valence-corrected chi connectivity index (χ1v) is 6.88. The van der Waals surface area contributed by atoms with Crippen molar-refractivity contribution in [2.75, 3.05) is 0 Å². The molecule has 0 aliphatic rings. The van der Waals surface area contributed by atoms with E-state index in [4.69, 9.17) is 4.74 Å². The molecule has 1 heterocycles. The number of aromatic amines is 1. The number of hydrogen-bond acceptors (Lipinski definition) is 4. The maximum absolute atomic E-state index is 12.1. The lowest BCUT2D eigenvalue weighted by Crippen LogP contribution is -2.25. The van der Waals surface area contributed by atoms with Gasteiger partial charge in [-0.1, -0.05) is 20.8 Å². The van der Waals surface area contributed by atoms with E-state index in [0.29, 0.717) is 11.6 Å². The van der Waals surface area contributed by atoms with Crippen LogP contribution in [0.3, 0.4) is 0 Å². The standard InChI is InChI=1S/C14H25N3O2/c1-7-10(8-9(2)3)11-12(16-17-15-11)13(18)19-14(4,5)6/h9-10H,7-8H2,1-6H3,(H,15,16,17). The van der Waals surface area contributed by atoms with Gasteiger partial charge in [0.1, 0.15) is 11.3 Å². The predicted molar refractivity (Wildman–Crippen MR) is 74.0 cm³/mol. The van der Waals surface area contributed by atoms with Crippen LogP contribution in [0.4, 0.5) is 0 Å². The first-order chi connectivity index (χ1) is 8.74. The summed E-state index contributed by atoms with van der Waals surface area (Å²) in [6.07, 6.45) is 1.92. The third-order valence-electron chi connectivity index (χ3n) is 2.80. The van der Waals surface area contributed by atoms with Crippen molar-refractivity contribution in [3.63, 3.8) is 0 Å². The number of H-pyrrole nitrogens is 1. The van der Waals surface area contributed by atoms with Crippen molar-refractivity contribution in [2.24, 2.45) is 5.92 Å². The van der Waals surface area contributed by atoms with E-state index in [1.165, 1.54) is 0 Å². The molecule has 1 aromatic heterocycles. The Morgan fingerprint density at radius 3 is 2.42 bits per heavy atom. The van der Waals surface area contributed by atoms with Gasteiger partial charge in [-0.3, -0.25) is 0 Å². The molecule has 0 aliphatic carbocycles. The lowest BCUT2D eigenvalue weighted by molar-refractivity contribution is 0.00608. The fraction of sp³-hybridized carbons (Fsp3) is 0.786.